The smallest absolute Gasteiger partial charge is 0.224 e. The summed E-state index contributed by atoms with van der Waals surface area (Å²) in [4.78, 5) is 8.48. The van der Waals surface area contributed by atoms with Crippen LogP contribution in [-0.2, 0) is 6.54 Å². The maximum Gasteiger partial charge on any atom is 0.224 e. The zero-order valence-corrected chi connectivity index (χ0v) is 10.4. The Morgan fingerprint density at radius 2 is 1.89 bits per heavy atom. The molecule has 1 heterocycles. The summed E-state index contributed by atoms with van der Waals surface area (Å²) in [5.41, 5.74) is 1.88. The highest BCUT2D eigenvalue weighted by Crippen LogP contribution is 2.11. The summed E-state index contributed by atoms with van der Waals surface area (Å²) in [6.07, 6.45) is 0. The average molecular weight is 246 g/mol. The molecule has 0 atom stereocenters. The second kappa shape index (κ2) is 5.44. The molecule has 0 amide bonds. The van der Waals surface area contributed by atoms with Crippen LogP contribution in [0.1, 0.15) is 11.3 Å². The van der Waals surface area contributed by atoms with E-state index in [0.717, 1.165) is 17.1 Å². The third-order valence-corrected chi connectivity index (χ3v) is 2.46. The van der Waals surface area contributed by atoms with Gasteiger partial charge in [0.25, 0.3) is 0 Å². The molecule has 0 unspecified atom stereocenters. The zero-order chi connectivity index (χ0) is 13.0. The number of rotatable bonds is 4. The van der Waals surface area contributed by atoms with Gasteiger partial charge in [0.1, 0.15) is 11.6 Å². The van der Waals surface area contributed by atoms with Crippen LogP contribution in [0.3, 0.4) is 0 Å². The predicted octanol–water partition coefficient (Wildman–Crippen LogP) is 2.58. The van der Waals surface area contributed by atoms with Gasteiger partial charge < -0.3 is 10.6 Å². The number of halogens is 1. The molecule has 0 fully saturated rings. The third-order valence-electron chi connectivity index (χ3n) is 2.46. The summed E-state index contributed by atoms with van der Waals surface area (Å²) in [6.45, 7) is 2.51. The van der Waals surface area contributed by atoms with Crippen LogP contribution in [0.15, 0.2) is 30.3 Å². The quantitative estimate of drug-likeness (QED) is 0.870. The summed E-state index contributed by atoms with van der Waals surface area (Å²) >= 11 is 0. The van der Waals surface area contributed by atoms with E-state index in [9.17, 15) is 4.39 Å². The van der Waals surface area contributed by atoms with Crippen molar-refractivity contribution in [2.75, 3.05) is 17.7 Å². The van der Waals surface area contributed by atoms with E-state index < -0.39 is 0 Å². The van der Waals surface area contributed by atoms with Crippen molar-refractivity contribution in [2.24, 2.45) is 0 Å². The van der Waals surface area contributed by atoms with Gasteiger partial charge in [0, 0.05) is 25.4 Å². The number of nitrogens with one attached hydrogen (secondary N) is 2. The Hall–Kier alpha value is -2.17. The van der Waals surface area contributed by atoms with E-state index in [1.54, 1.807) is 19.2 Å². The predicted molar refractivity (Wildman–Crippen MR) is 70.0 cm³/mol. The number of nitrogens with zero attached hydrogens (tertiary/aromatic N) is 2. The Balaban J connectivity index is 2.05. The van der Waals surface area contributed by atoms with Gasteiger partial charge in [-0.3, -0.25) is 0 Å². The van der Waals surface area contributed by atoms with Gasteiger partial charge in [-0.15, -0.1) is 0 Å². The fourth-order valence-corrected chi connectivity index (χ4v) is 1.57. The molecule has 1 aromatic carbocycles. The summed E-state index contributed by atoms with van der Waals surface area (Å²) in [5.74, 6) is 1.10. The molecule has 0 spiro atoms. The van der Waals surface area contributed by atoms with Gasteiger partial charge in [-0.25, -0.2) is 9.37 Å². The topological polar surface area (TPSA) is 49.8 Å². The van der Waals surface area contributed by atoms with E-state index in [1.165, 1.54) is 12.1 Å². The zero-order valence-electron chi connectivity index (χ0n) is 10.4. The van der Waals surface area contributed by atoms with Crippen LogP contribution >= 0.6 is 0 Å². The van der Waals surface area contributed by atoms with Crippen molar-refractivity contribution < 1.29 is 4.39 Å². The SMILES string of the molecule is CNc1nc(C)cc(NCc2ccc(F)cc2)n1. The Bertz CT molecular complexity index is 525. The molecule has 0 saturated heterocycles. The van der Waals surface area contributed by atoms with Crippen LogP contribution < -0.4 is 10.6 Å². The highest BCUT2D eigenvalue weighted by Gasteiger charge is 2.00. The van der Waals surface area contributed by atoms with Crippen LogP contribution in [0.2, 0.25) is 0 Å². The van der Waals surface area contributed by atoms with Gasteiger partial charge in [0.15, 0.2) is 0 Å². The van der Waals surface area contributed by atoms with Crippen molar-refractivity contribution in [2.45, 2.75) is 13.5 Å². The summed E-state index contributed by atoms with van der Waals surface area (Å²) < 4.78 is 12.8. The normalized spacial score (nSPS) is 10.2. The molecule has 0 radical (unpaired) electrons. The van der Waals surface area contributed by atoms with E-state index >= 15 is 0 Å². The summed E-state index contributed by atoms with van der Waals surface area (Å²) in [6, 6.07) is 8.25. The van der Waals surface area contributed by atoms with E-state index in [4.69, 9.17) is 0 Å². The van der Waals surface area contributed by atoms with E-state index in [1.807, 2.05) is 13.0 Å². The van der Waals surface area contributed by atoms with Gasteiger partial charge in [-0.1, -0.05) is 12.1 Å². The number of hydrogen-bond acceptors (Lipinski definition) is 4. The lowest BCUT2D eigenvalue weighted by atomic mass is 10.2. The van der Waals surface area contributed by atoms with Crippen molar-refractivity contribution in [3.05, 3.63) is 47.4 Å². The lowest BCUT2D eigenvalue weighted by Crippen LogP contribution is -2.05. The van der Waals surface area contributed by atoms with Gasteiger partial charge in [0.2, 0.25) is 5.95 Å². The Morgan fingerprint density at radius 3 is 2.56 bits per heavy atom. The van der Waals surface area contributed by atoms with Gasteiger partial charge in [0.05, 0.1) is 0 Å². The molecule has 2 aromatic rings. The molecule has 18 heavy (non-hydrogen) atoms. The van der Waals surface area contributed by atoms with E-state index in [-0.39, 0.29) is 5.82 Å². The summed E-state index contributed by atoms with van der Waals surface area (Å²) in [7, 11) is 1.78. The Labute approximate surface area is 105 Å². The average Bonchev–Trinajstić information content (AvgIpc) is 2.37. The molecule has 0 bridgehead atoms. The summed E-state index contributed by atoms with van der Waals surface area (Å²) in [5, 5.41) is 6.08. The van der Waals surface area contributed by atoms with Crippen LogP contribution in [0, 0.1) is 12.7 Å². The minimum Gasteiger partial charge on any atom is -0.366 e. The van der Waals surface area contributed by atoms with Crippen molar-refractivity contribution in [3.63, 3.8) is 0 Å². The molecule has 0 aliphatic rings. The standard InChI is InChI=1S/C13H15FN4/c1-9-7-12(18-13(15-2)17-9)16-8-10-3-5-11(14)6-4-10/h3-7H,8H2,1-2H3,(H2,15,16,17,18). The molecule has 1 aromatic heterocycles. The van der Waals surface area contributed by atoms with Gasteiger partial charge in [-0.2, -0.15) is 4.98 Å². The fraction of sp³-hybridized carbons (Fsp3) is 0.231. The molecule has 94 valence electrons. The first-order valence-electron chi connectivity index (χ1n) is 5.69. The van der Waals surface area contributed by atoms with E-state index in [0.29, 0.717) is 12.5 Å². The van der Waals surface area contributed by atoms with Crippen LogP contribution in [0.4, 0.5) is 16.2 Å². The first kappa shape index (κ1) is 12.3. The van der Waals surface area contributed by atoms with Crippen molar-refractivity contribution in [1.29, 1.82) is 0 Å². The fourth-order valence-electron chi connectivity index (χ4n) is 1.57. The Morgan fingerprint density at radius 1 is 1.17 bits per heavy atom. The monoisotopic (exact) mass is 246 g/mol. The molecule has 0 aliphatic heterocycles. The maximum absolute atomic E-state index is 12.8. The minimum absolute atomic E-state index is 0.228. The van der Waals surface area contributed by atoms with Crippen molar-refractivity contribution >= 4 is 11.8 Å². The highest BCUT2D eigenvalue weighted by molar-refractivity contribution is 5.42. The molecule has 0 aliphatic carbocycles. The number of aryl methyl sites for hydroxylation is 1. The number of hydrogen-bond donors (Lipinski definition) is 2. The van der Waals surface area contributed by atoms with Crippen LogP contribution in [0.25, 0.3) is 0 Å². The van der Waals surface area contributed by atoms with Crippen LogP contribution in [-0.4, -0.2) is 17.0 Å². The van der Waals surface area contributed by atoms with Crippen LogP contribution in [0.5, 0.6) is 0 Å². The largest absolute Gasteiger partial charge is 0.366 e. The lowest BCUT2D eigenvalue weighted by Gasteiger charge is -2.08. The molecule has 4 nitrogen and oxygen atoms in total. The minimum atomic E-state index is -0.228. The molecule has 5 heteroatoms. The second-order valence-electron chi connectivity index (χ2n) is 3.95. The van der Waals surface area contributed by atoms with Crippen molar-refractivity contribution in [3.8, 4) is 0 Å². The highest BCUT2D eigenvalue weighted by atomic mass is 19.1. The number of aromatic nitrogens is 2. The molecule has 2 rings (SSSR count). The van der Waals surface area contributed by atoms with Gasteiger partial charge in [-0.05, 0) is 24.6 Å². The van der Waals surface area contributed by atoms with E-state index in [2.05, 4.69) is 20.6 Å². The molecular weight excluding hydrogens is 231 g/mol. The molecule has 2 N–H and O–H groups in total. The first-order chi connectivity index (χ1) is 8.67. The lowest BCUT2D eigenvalue weighted by molar-refractivity contribution is 0.627. The number of anilines is 2. The van der Waals surface area contributed by atoms with Crippen molar-refractivity contribution in [1.82, 2.24) is 9.97 Å². The second-order valence-corrected chi connectivity index (χ2v) is 3.95. The molecular formula is C13H15FN4. The van der Waals surface area contributed by atoms with Gasteiger partial charge >= 0.3 is 0 Å². The first-order valence-corrected chi connectivity index (χ1v) is 5.69. The third kappa shape index (κ3) is 3.16. The number of benzene rings is 1. The Kier molecular flexibility index (Phi) is 3.72. The maximum atomic E-state index is 12.8. The molecule has 0 saturated carbocycles.